The lowest BCUT2D eigenvalue weighted by Gasteiger charge is -2.36. The largest absolute Gasteiger partial charge is 0.135 e. The lowest BCUT2D eigenvalue weighted by atomic mass is 9.66. The Bertz CT molecular complexity index is 2860. The summed E-state index contributed by atoms with van der Waals surface area (Å²) in [6.45, 7) is 0. The molecule has 1 aromatic heterocycles. The van der Waals surface area contributed by atoms with Crippen molar-refractivity contribution in [2.45, 2.75) is 68.1 Å². The van der Waals surface area contributed by atoms with Crippen LogP contribution in [0.5, 0.6) is 0 Å². The van der Waals surface area contributed by atoms with Crippen LogP contribution in [0, 0.1) is 5.92 Å². The fraction of sp³-hybridized carbons (Fsp3) is 0.214. The van der Waals surface area contributed by atoms with Crippen LogP contribution in [-0.4, -0.2) is 0 Å². The predicted molar refractivity (Wildman–Crippen MR) is 241 cm³/mol. The molecule has 1 saturated carbocycles. The fourth-order valence-electron chi connectivity index (χ4n) is 11.9. The van der Waals surface area contributed by atoms with Crippen LogP contribution in [0.15, 0.2) is 181 Å². The zero-order valence-corrected chi connectivity index (χ0v) is 33.2. The second kappa shape index (κ2) is 13.0. The standard InChI is InChI=1S/C56H46S/c1-2-15-42(16-3-1)56(50-22-9-6-18-46(50)47-19-7-10-23-51(47)56)43-32-30-41(31-33-43)55(36-52(55)45-21-12-14-38-13-4-5-17-44(38)45)40-28-25-37(26-29-40)39-27-34-54-49(35-39)48-20-8-11-24-53(48)57-54/h1-6,8-11,13,15-18,20-24,27-28,30-35,37,52H,7,12,14,19,25-26,29,36H2. The van der Waals surface area contributed by atoms with Gasteiger partial charge in [0.2, 0.25) is 0 Å². The molecule has 0 radical (unpaired) electrons. The van der Waals surface area contributed by atoms with Crippen molar-refractivity contribution in [1.29, 1.82) is 0 Å². The predicted octanol–water partition coefficient (Wildman–Crippen LogP) is 14.7. The molecule has 12 rings (SSSR count). The molecule has 1 heterocycles. The molecule has 1 heteroatoms. The molecule has 5 aliphatic rings. The summed E-state index contributed by atoms with van der Waals surface area (Å²) in [6, 6.07) is 56.2. The highest BCUT2D eigenvalue weighted by molar-refractivity contribution is 7.25. The van der Waals surface area contributed by atoms with Crippen molar-refractivity contribution in [3.05, 3.63) is 226 Å². The molecule has 4 unspecified atom stereocenters. The number of hydrogen-bond donors (Lipinski definition) is 0. The summed E-state index contributed by atoms with van der Waals surface area (Å²) in [4.78, 5) is 0. The maximum Gasteiger partial charge on any atom is 0.0710 e. The molecule has 57 heavy (non-hydrogen) atoms. The van der Waals surface area contributed by atoms with E-state index in [4.69, 9.17) is 0 Å². The Morgan fingerprint density at radius 1 is 0.579 bits per heavy atom. The van der Waals surface area contributed by atoms with Gasteiger partial charge in [-0.2, -0.15) is 0 Å². The normalized spacial score (nSPS) is 24.8. The second-order valence-electron chi connectivity index (χ2n) is 17.2. The average molecular weight is 751 g/mol. The van der Waals surface area contributed by atoms with E-state index in [-0.39, 0.29) is 10.8 Å². The minimum atomic E-state index is -0.324. The van der Waals surface area contributed by atoms with Crippen molar-refractivity contribution in [2.75, 3.05) is 0 Å². The summed E-state index contributed by atoms with van der Waals surface area (Å²) in [5.41, 5.74) is 17.6. The van der Waals surface area contributed by atoms with Crippen LogP contribution in [0.2, 0.25) is 0 Å². The van der Waals surface area contributed by atoms with Gasteiger partial charge in [-0.15, -0.1) is 11.3 Å². The van der Waals surface area contributed by atoms with Gasteiger partial charge in [0.05, 0.1) is 5.41 Å². The van der Waals surface area contributed by atoms with E-state index in [0.717, 1.165) is 38.5 Å². The molecule has 4 atom stereocenters. The molecule has 0 amide bonds. The first-order valence-corrected chi connectivity index (χ1v) is 22.1. The first-order chi connectivity index (χ1) is 28.2. The summed E-state index contributed by atoms with van der Waals surface area (Å²) < 4.78 is 2.79. The minimum absolute atomic E-state index is 0.0377. The van der Waals surface area contributed by atoms with E-state index in [9.17, 15) is 0 Å². The smallest absolute Gasteiger partial charge is 0.0710 e. The summed E-state index contributed by atoms with van der Waals surface area (Å²) in [5, 5.41) is 2.83. The highest BCUT2D eigenvalue weighted by Gasteiger charge is 2.59. The van der Waals surface area contributed by atoms with Gasteiger partial charge in [0.1, 0.15) is 0 Å². The zero-order chi connectivity index (χ0) is 37.6. The third-order valence-corrected chi connectivity index (χ3v) is 15.7. The van der Waals surface area contributed by atoms with Gasteiger partial charge in [0.15, 0.2) is 0 Å². The third kappa shape index (κ3) is 4.98. The van der Waals surface area contributed by atoms with E-state index >= 15 is 0 Å². The van der Waals surface area contributed by atoms with Crippen LogP contribution in [-0.2, 0) is 17.3 Å². The Labute approximate surface area is 340 Å². The first-order valence-electron chi connectivity index (χ1n) is 21.3. The van der Waals surface area contributed by atoms with Gasteiger partial charge < -0.3 is 0 Å². The van der Waals surface area contributed by atoms with Crippen molar-refractivity contribution in [2.24, 2.45) is 5.92 Å². The van der Waals surface area contributed by atoms with E-state index in [1.165, 1.54) is 88.7 Å². The van der Waals surface area contributed by atoms with E-state index in [1.807, 2.05) is 11.3 Å². The molecule has 7 aromatic rings. The van der Waals surface area contributed by atoms with Gasteiger partial charge in [0, 0.05) is 25.6 Å². The maximum atomic E-state index is 2.69. The minimum Gasteiger partial charge on any atom is -0.135 e. The number of thiophene rings is 1. The van der Waals surface area contributed by atoms with Crippen LogP contribution in [0.3, 0.4) is 0 Å². The third-order valence-electron chi connectivity index (χ3n) is 14.6. The molecule has 0 aliphatic heterocycles. The Balaban J connectivity index is 0.960. The zero-order valence-electron chi connectivity index (χ0n) is 32.4. The van der Waals surface area contributed by atoms with Crippen molar-refractivity contribution in [3.8, 4) is 0 Å². The maximum absolute atomic E-state index is 2.69. The van der Waals surface area contributed by atoms with Crippen LogP contribution < -0.4 is 0 Å². The van der Waals surface area contributed by atoms with E-state index in [1.54, 1.807) is 11.1 Å². The monoisotopic (exact) mass is 750 g/mol. The van der Waals surface area contributed by atoms with Crippen molar-refractivity contribution < 1.29 is 0 Å². The van der Waals surface area contributed by atoms with Crippen molar-refractivity contribution >= 4 is 42.7 Å². The Morgan fingerprint density at radius 3 is 2.21 bits per heavy atom. The average Bonchev–Trinajstić information content (AvgIpc) is 3.82. The Hall–Kier alpha value is -5.50. The molecule has 6 aromatic carbocycles. The Morgan fingerprint density at radius 2 is 1.33 bits per heavy atom. The van der Waals surface area contributed by atoms with Gasteiger partial charge in [-0.25, -0.2) is 0 Å². The number of hydrogen-bond acceptors (Lipinski definition) is 1. The summed E-state index contributed by atoms with van der Waals surface area (Å²) in [5.74, 6) is 1.06. The quantitative estimate of drug-likeness (QED) is 0.149. The fourth-order valence-corrected chi connectivity index (χ4v) is 13.0. The van der Waals surface area contributed by atoms with Gasteiger partial charge in [0.25, 0.3) is 0 Å². The van der Waals surface area contributed by atoms with Gasteiger partial charge in [-0.3, -0.25) is 0 Å². The highest BCUT2D eigenvalue weighted by Crippen LogP contribution is 2.67. The molecule has 0 nitrogen and oxygen atoms in total. The van der Waals surface area contributed by atoms with Crippen LogP contribution in [0.25, 0.3) is 31.3 Å². The van der Waals surface area contributed by atoms with Gasteiger partial charge in [-0.05, 0) is 143 Å². The molecule has 0 spiro atoms. The SMILES string of the molecule is C1=CC2=C(CC1)c1ccccc1C2(c1ccccc1)c1ccc(C2(C3=CCC(c4ccc5sc6ccccc6c5c4)CC3)CC2C2=CCCc3ccccc32)cc1. The molecule has 1 fully saturated rings. The van der Waals surface area contributed by atoms with Crippen molar-refractivity contribution in [1.82, 2.24) is 0 Å². The number of fused-ring (bicyclic) bond motifs is 6. The highest BCUT2D eigenvalue weighted by atomic mass is 32.1. The lowest BCUT2D eigenvalue weighted by Crippen LogP contribution is -2.30. The van der Waals surface area contributed by atoms with Gasteiger partial charge in [-0.1, -0.05) is 157 Å². The van der Waals surface area contributed by atoms with E-state index < -0.39 is 0 Å². The molecule has 0 saturated heterocycles. The van der Waals surface area contributed by atoms with Gasteiger partial charge >= 0.3 is 0 Å². The van der Waals surface area contributed by atoms with Crippen LogP contribution >= 0.6 is 11.3 Å². The molecular weight excluding hydrogens is 705 g/mol. The summed E-state index contributed by atoms with van der Waals surface area (Å²) >= 11 is 1.92. The first kappa shape index (κ1) is 33.6. The number of aryl methyl sites for hydroxylation is 1. The topological polar surface area (TPSA) is 0 Å². The molecule has 5 aliphatic carbocycles. The van der Waals surface area contributed by atoms with Crippen molar-refractivity contribution in [3.63, 3.8) is 0 Å². The second-order valence-corrected chi connectivity index (χ2v) is 18.3. The molecule has 0 bridgehead atoms. The number of allylic oxidation sites excluding steroid dienone is 8. The lowest BCUT2D eigenvalue weighted by molar-refractivity contribution is 0.559. The summed E-state index contributed by atoms with van der Waals surface area (Å²) in [6.07, 6.45) is 19.3. The Kier molecular flexibility index (Phi) is 7.68. The number of rotatable bonds is 6. The van der Waals surface area contributed by atoms with Crippen LogP contribution in [0.4, 0.5) is 0 Å². The summed E-state index contributed by atoms with van der Waals surface area (Å²) in [7, 11) is 0. The van der Waals surface area contributed by atoms with Crippen LogP contribution in [0.1, 0.15) is 95.4 Å². The molecule has 276 valence electrons. The van der Waals surface area contributed by atoms with E-state index in [2.05, 4.69) is 170 Å². The molecule has 0 N–H and O–H groups in total. The van der Waals surface area contributed by atoms with E-state index in [0.29, 0.717) is 11.8 Å². The molecular formula is C56H46S. The number of benzene rings is 6.